The van der Waals surface area contributed by atoms with Crippen LogP contribution < -0.4 is 4.74 Å². The molecule has 1 N–H and O–H groups in total. The van der Waals surface area contributed by atoms with E-state index in [0.717, 1.165) is 0 Å². The van der Waals surface area contributed by atoms with Gasteiger partial charge in [-0.1, -0.05) is 0 Å². The van der Waals surface area contributed by atoms with Gasteiger partial charge in [-0.15, -0.1) is 0 Å². The van der Waals surface area contributed by atoms with E-state index in [-0.39, 0.29) is 25.3 Å². The van der Waals surface area contributed by atoms with Crippen molar-refractivity contribution in [1.82, 2.24) is 0 Å². The Morgan fingerprint density at radius 3 is 3.12 bits per heavy atom. The first-order chi connectivity index (χ1) is 7.65. The standard InChI is InChI=1S/C11H11FO4/c12-8-1-2-9-7(5-8)6-15-11(16-9)4-3-10(13)14/h1-2,5,11H,3-4,6H2,(H,13,14). The molecule has 1 heterocycles. The molecule has 1 aromatic rings. The summed E-state index contributed by atoms with van der Waals surface area (Å²) in [5.41, 5.74) is 0.645. The van der Waals surface area contributed by atoms with Gasteiger partial charge in [-0.2, -0.15) is 0 Å². The number of hydrogen-bond acceptors (Lipinski definition) is 3. The van der Waals surface area contributed by atoms with Crippen LogP contribution in [0, 0.1) is 5.82 Å². The van der Waals surface area contributed by atoms with Gasteiger partial charge in [0.15, 0.2) is 0 Å². The van der Waals surface area contributed by atoms with Crippen molar-refractivity contribution in [1.29, 1.82) is 0 Å². The fourth-order valence-electron chi connectivity index (χ4n) is 1.52. The van der Waals surface area contributed by atoms with Crippen LogP contribution in [0.3, 0.4) is 0 Å². The Labute approximate surface area is 91.6 Å². The molecule has 0 saturated carbocycles. The molecule has 1 aliphatic heterocycles. The van der Waals surface area contributed by atoms with Crippen LogP contribution in [-0.2, 0) is 16.1 Å². The van der Waals surface area contributed by atoms with Gasteiger partial charge in [0.25, 0.3) is 0 Å². The summed E-state index contributed by atoms with van der Waals surface area (Å²) in [5, 5.41) is 8.52. The van der Waals surface area contributed by atoms with Crippen LogP contribution in [0.25, 0.3) is 0 Å². The third-order valence-corrected chi connectivity index (χ3v) is 2.30. The summed E-state index contributed by atoms with van der Waals surface area (Å²) in [5.74, 6) is -0.671. The summed E-state index contributed by atoms with van der Waals surface area (Å²) >= 11 is 0. The zero-order chi connectivity index (χ0) is 11.5. The quantitative estimate of drug-likeness (QED) is 0.855. The summed E-state index contributed by atoms with van der Waals surface area (Å²) in [6.45, 7) is 0.247. The van der Waals surface area contributed by atoms with Crippen molar-refractivity contribution in [3.05, 3.63) is 29.6 Å². The van der Waals surface area contributed by atoms with Crippen molar-refractivity contribution >= 4 is 5.97 Å². The molecule has 0 radical (unpaired) electrons. The molecule has 5 heteroatoms. The highest BCUT2D eigenvalue weighted by atomic mass is 19.1. The molecule has 4 nitrogen and oxygen atoms in total. The van der Waals surface area contributed by atoms with Gasteiger partial charge in [0.05, 0.1) is 13.0 Å². The van der Waals surface area contributed by atoms with E-state index >= 15 is 0 Å². The summed E-state index contributed by atoms with van der Waals surface area (Å²) in [6.07, 6.45) is -0.290. The average molecular weight is 226 g/mol. The molecule has 0 saturated heterocycles. The molecule has 0 aliphatic carbocycles. The van der Waals surface area contributed by atoms with E-state index in [9.17, 15) is 9.18 Å². The summed E-state index contributed by atoms with van der Waals surface area (Å²) in [4.78, 5) is 10.4. The first-order valence-electron chi connectivity index (χ1n) is 4.93. The summed E-state index contributed by atoms with van der Waals surface area (Å²) < 4.78 is 23.5. The molecule has 16 heavy (non-hydrogen) atoms. The van der Waals surface area contributed by atoms with Crippen molar-refractivity contribution < 1.29 is 23.8 Å². The summed E-state index contributed by atoms with van der Waals surface area (Å²) in [7, 11) is 0. The fraction of sp³-hybridized carbons (Fsp3) is 0.364. The number of carbonyl (C=O) groups is 1. The molecule has 1 aliphatic rings. The van der Waals surface area contributed by atoms with Gasteiger partial charge in [0.2, 0.25) is 6.29 Å². The molecule has 0 bridgehead atoms. The zero-order valence-electron chi connectivity index (χ0n) is 8.48. The second-order valence-electron chi connectivity index (χ2n) is 3.54. The van der Waals surface area contributed by atoms with Gasteiger partial charge < -0.3 is 14.6 Å². The lowest BCUT2D eigenvalue weighted by Gasteiger charge is -2.25. The second kappa shape index (κ2) is 4.49. The molecule has 0 spiro atoms. The number of benzene rings is 1. The molecule has 0 amide bonds. The molecular formula is C11H11FO4. The first-order valence-corrected chi connectivity index (χ1v) is 4.93. The molecule has 0 fully saturated rings. The predicted molar refractivity (Wildman–Crippen MR) is 52.5 cm³/mol. The Kier molecular flexibility index (Phi) is 3.05. The van der Waals surface area contributed by atoms with Crippen molar-refractivity contribution in [3.8, 4) is 5.75 Å². The minimum absolute atomic E-state index is 0.0127. The smallest absolute Gasteiger partial charge is 0.303 e. The van der Waals surface area contributed by atoms with Crippen molar-refractivity contribution in [2.24, 2.45) is 0 Å². The molecule has 1 unspecified atom stereocenters. The number of carboxylic acid groups (broad SMARTS) is 1. The first kappa shape index (κ1) is 10.9. The lowest BCUT2D eigenvalue weighted by molar-refractivity contribution is -0.143. The van der Waals surface area contributed by atoms with Crippen LogP contribution in [0.2, 0.25) is 0 Å². The molecule has 0 aromatic heterocycles. The van der Waals surface area contributed by atoms with E-state index in [4.69, 9.17) is 14.6 Å². The predicted octanol–water partition coefficient (Wildman–Crippen LogP) is 1.93. The van der Waals surface area contributed by atoms with E-state index in [1.54, 1.807) is 0 Å². The highest BCUT2D eigenvalue weighted by Crippen LogP contribution is 2.27. The number of aliphatic carboxylic acids is 1. The highest BCUT2D eigenvalue weighted by molar-refractivity contribution is 5.66. The van der Waals surface area contributed by atoms with Crippen LogP contribution in [0.5, 0.6) is 5.75 Å². The Morgan fingerprint density at radius 2 is 2.38 bits per heavy atom. The normalized spacial score (nSPS) is 18.7. The Balaban J connectivity index is 2.01. The highest BCUT2D eigenvalue weighted by Gasteiger charge is 2.21. The monoisotopic (exact) mass is 226 g/mol. The van der Waals surface area contributed by atoms with Gasteiger partial charge in [0, 0.05) is 12.0 Å². The Bertz CT molecular complexity index is 405. The Hall–Kier alpha value is -1.62. The molecule has 1 aromatic carbocycles. The van der Waals surface area contributed by atoms with E-state index < -0.39 is 12.3 Å². The van der Waals surface area contributed by atoms with Crippen molar-refractivity contribution in [2.45, 2.75) is 25.7 Å². The maximum atomic E-state index is 12.9. The maximum absolute atomic E-state index is 12.9. The third kappa shape index (κ3) is 2.49. The fourth-order valence-corrected chi connectivity index (χ4v) is 1.52. The second-order valence-corrected chi connectivity index (χ2v) is 3.54. The van der Waals surface area contributed by atoms with E-state index in [1.165, 1.54) is 18.2 Å². The van der Waals surface area contributed by atoms with Gasteiger partial charge in [-0.3, -0.25) is 4.79 Å². The topological polar surface area (TPSA) is 55.8 Å². The van der Waals surface area contributed by atoms with Gasteiger partial charge in [0.1, 0.15) is 11.6 Å². The maximum Gasteiger partial charge on any atom is 0.303 e. The minimum atomic E-state index is -0.892. The van der Waals surface area contributed by atoms with Gasteiger partial charge >= 0.3 is 5.97 Å². The van der Waals surface area contributed by atoms with Crippen LogP contribution in [-0.4, -0.2) is 17.4 Å². The SMILES string of the molecule is O=C(O)CCC1OCc2cc(F)ccc2O1. The van der Waals surface area contributed by atoms with Crippen molar-refractivity contribution in [2.75, 3.05) is 0 Å². The lowest BCUT2D eigenvalue weighted by atomic mass is 10.2. The molecule has 1 atom stereocenters. The molecule has 2 rings (SSSR count). The number of ether oxygens (including phenoxy) is 2. The van der Waals surface area contributed by atoms with E-state index in [1.807, 2.05) is 0 Å². The average Bonchev–Trinajstić information content (AvgIpc) is 2.26. The van der Waals surface area contributed by atoms with Gasteiger partial charge in [-0.25, -0.2) is 4.39 Å². The van der Waals surface area contributed by atoms with Crippen LogP contribution in [0.1, 0.15) is 18.4 Å². The lowest BCUT2D eigenvalue weighted by Crippen LogP contribution is -2.26. The summed E-state index contributed by atoms with van der Waals surface area (Å²) in [6, 6.07) is 4.18. The Morgan fingerprint density at radius 1 is 1.56 bits per heavy atom. The van der Waals surface area contributed by atoms with Crippen LogP contribution in [0.4, 0.5) is 4.39 Å². The van der Waals surface area contributed by atoms with Gasteiger partial charge in [-0.05, 0) is 18.2 Å². The van der Waals surface area contributed by atoms with E-state index in [2.05, 4.69) is 0 Å². The number of rotatable bonds is 3. The zero-order valence-corrected chi connectivity index (χ0v) is 8.48. The molecular weight excluding hydrogens is 215 g/mol. The van der Waals surface area contributed by atoms with Crippen LogP contribution >= 0.6 is 0 Å². The van der Waals surface area contributed by atoms with Crippen LogP contribution in [0.15, 0.2) is 18.2 Å². The molecule has 86 valence electrons. The minimum Gasteiger partial charge on any atom is -0.481 e. The number of fused-ring (bicyclic) bond motifs is 1. The largest absolute Gasteiger partial charge is 0.481 e. The number of halogens is 1. The third-order valence-electron chi connectivity index (χ3n) is 2.30. The number of hydrogen-bond donors (Lipinski definition) is 1. The number of carboxylic acids is 1. The van der Waals surface area contributed by atoms with Crippen molar-refractivity contribution in [3.63, 3.8) is 0 Å². The van der Waals surface area contributed by atoms with E-state index in [0.29, 0.717) is 11.3 Å².